The number of carbonyl (C=O) groups excluding carboxylic acids is 1. The molecule has 0 bridgehead atoms. The molecule has 0 N–H and O–H groups in total. The van der Waals surface area contributed by atoms with Crippen LogP contribution in [0.1, 0.15) is 53.4 Å². The molecule has 2 aliphatic heterocycles. The number of benzene rings is 2. The number of methoxy groups -OCH3 is 1. The maximum Gasteiger partial charge on any atom is 0.255 e. The third-order valence-electron chi connectivity index (χ3n) is 5.28. The Bertz CT molecular complexity index is 794. The van der Waals surface area contributed by atoms with Gasteiger partial charge in [-0.2, -0.15) is 0 Å². The molecule has 2 aromatic carbocycles. The number of hydrogen-bond donors (Lipinski definition) is 0. The van der Waals surface area contributed by atoms with Crippen molar-refractivity contribution in [3.05, 3.63) is 64.7 Å². The van der Waals surface area contributed by atoms with Gasteiger partial charge in [0.25, 0.3) is 5.91 Å². The normalized spacial score (nSPS) is 21.3. The highest BCUT2D eigenvalue weighted by atomic mass is 16.5. The molecule has 1 atom stereocenters. The van der Waals surface area contributed by atoms with Crippen LogP contribution in [0.2, 0.25) is 0 Å². The lowest BCUT2D eigenvalue weighted by molar-refractivity contribution is 0.0697. The molecule has 118 valence electrons. The molecule has 0 fully saturated rings. The van der Waals surface area contributed by atoms with Gasteiger partial charge in [0, 0.05) is 12.1 Å². The van der Waals surface area contributed by atoms with Crippen LogP contribution in [0, 0.1) is 0 Å². The van der Waals surface area contributed by atoms with Crippen LogP contribution < -0.4 is 4.74 Å². The van der Waals surface area contributed by atoms with Gasteiger partial charge in [0.2, 0.25) is 0 Å². The molecule has 3 nitrogen and oxygen atoms in total. The summed E-state index contributed by atoms with van der Waals surface area (Å²) in [4.78, 5) is 14.9. The van der Waals surface area contributed by atoms with Gasteiger partial charge in [0.05, 0.1) is 13.2 Å². The third-order valence-corrected chi connectivity index (χ3v) is 5.28. The van der Waals surface area contributed by atoms with Crippen LogP contribution in [-0.2, 0) is 12.0 Å². The van der Waals surface area contributed by atoms with E-state index in [0.717, 1.165) is 17.7 Å². The second-order valence-electron chi connectivity index (χ2n) is 7.15. The molecule has 0 spiro atoms. The maximum absolute atomic E-state index is 12.8. The first kappa shape index (κ1) is 14.3. The van der Waals surface area contributed by atoms with Crippen LogP contribution in [0.25, 0.3) is 0 Å². The summed E-state index contributed by atoms with van der Waals surface area (Å²) in [7, 11) is 1.70. The molecule has 1 amide bonds. The quantitative estimate of drug-likeness (QED) is 0.794. The Hall–Kier alpha value is -2.29. The lowest BCUT2D eigenvalue weighted by Gasteiger charge is -2.29. The van der Waals surface area contributed by atoms with Gasteiger partial charge in [0.15, 0.2) is 0 Å². The van der Waals surface area contributed by atoms with Crippen molar-refractivity contribution in [1.82, 2.24) is 4.90 Å². The standard InChI is InChI=1S/C20H21NO2/c1-20(2)11-18-15-6-4-5-7-16(15)19(22)21(18)12-13-8-9-14(23-3)10-17(13)20/h4-10,18H,11-12H2,1-3H3. The SMILES string of the molecule is COc1ccc2c(c1)C(C)(C)CC1c3ccccc3C(=O)N1C2. The summed E-state index contributed by atoms with van der Waals surface area (Å²) in [5.41, 5.74) is 4.53. The van der Waals surface area contributed by atoms with E-state index in [0.29, 0.717) is 6.54 Å². The van der Waals surface area contributed by atoms with Gasteiger partial charge >= 0.3 is 0 Å². The number of amides is 1. The fraction of sp³-hybridized carbons (Fsp3) is 0.350. The van der Waals surface area contributed by atoms with Gasteiger partial charge in [-0.25, -0.2) is 0 Å². The number of rotatable bonds is 1. The van der Waals surface area contributed by atoms with Crippen LogP contribution in [0.3, 0.4) is 0 Å². The summed E-state index contributed by atoms with van der Waals surface area (Å²) in [5.74, 6) is 1.04. The molecule has 3 heteroatoms. The second-order valence-corrected chi connectivity index (χ2v) is 7.15. The average Bonchev–Trinajstić information content (AvgIpc) is 2.73. The van der Waals surface area contributed by atoms with Crippen LogP contribution >= 0.6 is 0 Å². The van der Waals surface area contributed by atoms with E-state index in [1.807, 2.05) is 29.2 Å². The van der Waals surface area contributed by atoms with Gasteiger partial charge in [-0.3, -0.25) is 4.79 Å². The highest BCUT2D eigenvalue weighted by Gasteiger charge is 2.43. The molecule has 2 heterocycles. The van der Waals surface area contributed by atoms with Crippen molar-refractivity contribution in [3.8, 4) is 5.75 Å². The molecular weight excluding hydrogens is 286 g/mol. The number of ether oxygens (including phenoxy) is 1. The van der Waals surface area contributed by atoms with E-state index >= 15 is 0 Å². The lowest BCUT2D eigenvalue weighted by atomic mass is 9.77. The first-order valence-electron chi connectivity index (χ1n) is 8.08. The molecule has 1 unspecified atom stereocenters. The number of carbonyl (C=O) groups is 1. The van der Waals surface area contributed by atoms with Gasteiger partial charge in [-0.1, -0.05) is 38.1 Å². The first-order valence-corrected chi connectivity index (χ1v) is 8.08. The van der Waals surface area contributed by atoms with Crippen LogP contribution in [0.15, 0.2) is 42.5 Å². The largest absolute Gasteiger partial charge is 0.497 e. The van der Waals surface area contributed by atoms with E-state index in [-0.39, 0.29) is 17.4 Å². The first-order chi connectivity index (χ1) is 11.0. The highest BCUT2D eigenvalue weighted by molar-refractivity contribution is 5.99. The van der Waals surface area contributed by atoms with Crippen molar-refractivity contribution in [2.24, 2.45) is 0 Å². The number of fused-ring (bicyclic) bond motifs is 4. The van der Waals surface area contributed by atoms with E-state index in [4.69, 9.17) is 4.74 Å². The van der Waals surface area contributed by atoms with Crippen molar-refractivity contribution in [1.29, 1.82) is 0 Å². The molecule has 2 aliphatic rings. The zero-order chi connectivity index (χ0) is 16.2. The Kier molecular flexibility index (Phi) is 3.02. The summed E-state index contributed by atoms with van der Waals surface area (Å²) in [5, 5.41) is 0. The Morgan fingerprint density at radius 2 is 1.96 bits per heavy atom. The average molecular weight is 307 g/mol. The molecular formula is C20H21NO2. The van der Waals surface area contributed by atoms with E-state index < -0.39 is 0 Å². The lowest BCUT2D eigenvalue weighted by Crippen LogP contribution is -2.28. The molecule has 0 aromatic heterocycles. The number of hydrogen-bond acceptors (Lipinski definition) is 2. The Morgan fingerprint density at radius 1 is 1.17 bits per heavy atom. The van der Waals surface area contributed by atoms with Crippen LogP contribution in [0.4, 0.5) is 0 Å². The van der Waals surface area contributed by atoms with Gasteiger partial charge in [-0.15, -0.1) is 0 Å². The fourth-order valence-corrected chi connectivity index (χ4v) is 4.08. The minimum absolute atomic E-state index is 0.0129. The smallest absolute Gasteiger partial charge is 0.255 e. The molecule has 0 saturated carbocycles. The summed E-state index contributed by atoms with van der Waals surface area (Å²) in [6.07, 6.45) is 0.927. The number of nitrogens with zero attached hydrogens (tertiary/aromatic N) is 1. The minimum Gasteiger partial charge on any atom is -0.497 e. The fourth-order valence-electron chi connectivity index (χ4n) is 4.08. The predicted molar refractivity (Wildman–Crippen MR) is 89.7 cm³/mol. The monoisotopic (exact) mass is 307 g/mol. The zero-order valence-corrected chi connectivity index (χ0v) is 13.8. The topological polar surface area (TPSA) is 29.5 Å². The van der Waals surface area contributed by atoms with Crippen LogP contribution in [-0.4, -0.2) is 17.9 Å². The molecule has 2 aromatic rings. The molecule has 0 aliphatic carbocycles. The van der Waals surface area contributed by atoms with Gasteiger partial charge in [0.1, 0.15) is 5.75 Å². The maximum atomic E-state index is 12.8. The zero-order valence-electron chi connectivity index (χ0n) is 13.8. The van der Waals surface area contributed by atoms with Gasteiger partial charge in [-0.05, 0) is 46.7 Å². The van der Waals surface area contributed by atoms with Crippen molar-refractivity contribution in [3.63, 3.8) is 0 Å². The van der Waals surface area contributed by atoms with E-state index in [1.165, 1.54) is 16.7 Å². The molecule has 0 radical (unpaired) electrons. The highest BCUT2D eigenvalue weighted by Crippen LogP contribution is 2.47. The predicted octanol–water partition coefficient (Wildman–Crippen LogP) is 4.07. The summed E-state index contributed by atoms with van der Waals surface area (Å²) < 4.78 is 5.41. The molecule has 4 rings (SSSR count). The summed E-state index contributed by atoms with van der Waals surface area (Å²) >= 11 is 0. The summed E-state index contributed by atoms with van der Waals surface area (Å²) in [6, 6.07) is 14.4. The van der Waals surface area contributed by atoms with E-state index in [2.05, 4.69) is 32.0 Å². The van der Waals surface area contributed by atoms with Crippen molar-refractivity contribution < 1.29 is 9.53 Å². The van der Waals surface area contributed by atoms with Crippen molar-refractivity contribution in [2.75, 3.05) is 7.11 Å². The van der Waals surface area contributed by atoms with Crippen LogP contribution in [0.5, 0.6) is 5.75 Å². The molecule has 0 saturated heterocycles. The Morgan fingerprint density at radius 3 is 2.74 bits per heavy atom. The van der Waals surface area contributed by atoms with Gasteiger partial charge < -0.3 is 9.64 Å². The van der Waals surface area contributed by atoms with Crippen molar-refractivity contribution in [2.45, 2.75) is 38.3 Å². The van der Waals surface area contributed by atoms with Crippen molar-refractivity contribution >= 4 is 5.91 Å². The minimum atomic E-state index is -0.0129. The second kappa shape index (κ2) is 4.85. The Labute approximate surface area is 136 Å². The van der Waals surface area contributed by atoms with E-state index in [9.17, 15) is 4.79 Å². The van der Waals surface area contributed by atoms with E-state index in [1.54, 1.807) is 7.11 Å². The summed E-state index contributed by atoms with van der Waals surface area (Å²) in [6.45, 7) is 5.20. The Balaban J connectivity index is 1.85. The third kappa shape index (κ3) is 2.07. The molecule has 23 heavy (non-hydrogen) atoms.